The van der Waals surface area contributed by atoms with Crippen LogP contribution in [0.2, 0.25) is 0 Å². The molecule has 1 rings (SSSR count). The van der Waals surface area contributed by atoms with Crippen LogP contribution in [0.4, 0.5) is 0 Å². The summed E-state index contributed by atoms with van der Waals surface area (Å²) < 4.78 is 11.2. The Morgan fingerprint density at radius 2 is 1.08 bits per heavy atom. The molecule has 26 heavy (non-hydrogen) atoms. The molecule has 6 nitrogen and oxygen atoms in total. The lowest BCUT2D eigenvalue weighted by Gasteiger charge is -2.15. The monoisotopic (exact) mass is 360 g/mol. The first-order chi connectivity index (χ1) is 12.2. The number of ketones is 2. The van der Waals surface area contributed by atoms with E-state index >= 15 is 0 Å². The fourth-order valence-corrected chi connectivity index (χ4v) is 1.84. The van der Waals surface area contributed by atoms with Gasteiger partial charge >= 0.3 is 0 Å². The molecular weight excluding hydrogens is 332 g/mol. The Balaban J connectivity index is 2.60. The molecule has 0 unspecified atom stereocenters. The van der Waals surface area contributed by atoms with Gasteiger partial charge in [0.15, 0.2) is 23.8 Å². The number of carbonyl (C=O) groups is 2. The lowest BCUT2D eigenvalue weighted by atomic mass is 10.2. The normalized spacial score (nSPS) is 13.5. The number of carbonyl (C=O) groups excluding carboxylic acids is 2. The van der Waals surface area contributed by atoms with Crippen molar-refractivity contribution in [3.63, 3.8) is 0 Å². The largest absolute Gasteiger partial charge is 0.483 e. The van der Waals surface area contributed by atoms with E-state index < -0.39 is 12.2 Å². The second-order valence-corrected chi connectivity index (χ2v) is 6.36. The van der Waals surface area contributed by atoms with E-state index in [4.69, 9.17) is 9.47 Å². The van der Waals surface area contributed by atoms with Crippen molar-refractivity contribution in [3.8, 4) is 11.5 Å². The Hall–Kier alpha value is -2.76. The van der Waals surface area contributed by atoms with Crippen molar-refractivity contribution in [2.75, 3.05) is 28.2 Å². The van der Waals surface area contributed by atoms with Crippen LogP contribution in [-0.4, -0.2) is 61.8 Å². The predicted octanol–water partition coefficient (Wildman–Crippen LogP) is 2.51. The quantitative estimate of drug-likeness (QED) is 0.598. The first kappa shape index (κ1) is 21.3. The van der Waals surface area contributed by atoms with E-state index in [9.17, 15) is 9.59 Å². The lowest BCUT2D eigenvalue weighted by molar-refractivity contribution is -0.121. The molecule has 142 valence electrons. The molecule has 0 amide bonds. The maximum Gasteiger partial charge on any atom is 0.197 e. The molecule has 0 spiro atoms. The molecule has 0 bridgehead atoms. The Morgan fingerprint density at radius 1 is 0.769 bits per heavy atom. The minimum absolute atomic E-state index is 0.120. The van der Waals surface area contributed by atoms with Gasteiger partial charge in [-0.05, 0) is 38.1 Å². The predicted molar refractivity (Wildman–Crippen MR) is 102 cm³/mol. The molecule has 0 aromatic heterocycles. The van der Waals surface area contributed by atoms with E-state index in [1.807, 2.05) is 28.2 Å². The summed E-state index contributed by atoms with van der Waals surface area (Å²) in [7, 11) is 7.37. The number of ether oxygens (including phenoxy) is 2. The molecule has 6 heteroatoms. The Kier molecular flexibility index (Phi) is 8.42. The van der Waals surface area contributed by atoms with Gasteiger partial charge in [0.2, 0.25) is 0 Å². The van der Waals surface area contributed by atoms with Crippen LogP contribution in [0.25, 0.3) is 0 Å². The summed E-state index contributed by atoms with van der Waals surface area (Å²) in [5.74, 6) is 0.878. The van der Waals surface area contributed by atoms with E-state index in [0.717, 1.165) is 0 Å². The van der Waals surface area contributed by atoms with E-state index in [1.165, 1.54) is 12.2 Å². The first-order valence-electron chi connectivity index (χ1n) is 8.39. The van der Waals surface area contributed by atoms with E-state index in [0.29, 0.717) is 11.5 Å². The molecule has 0 aliphatic carbocycles. The first-order valence-corrected chi connectivity index (χ1v) is 8.39. The Morgan fingerprint density at radius 3 is 1.35 bits per heavy atom. The van der Waals surface area contributed by atoms with Crippen molar-refractivity contribution in [1.82, 2.24) is 9.80 Å². The van der Waals surface area contributed by atoms with Gasteiger partial charge in [0.05, 0.1) is 0 Å². The minimum Gasteiger partial charge on any atom is -0.483 e. The van der Waals surface area contributed by atoms with Gasteiger partial charge in [-0.2, -0.15) is 0 Å². The highest BCUT2D eigenvalue weighted by atomic mass is 16.5. The smallest absolute Gasteiger partial charge is 0.197 e. The zero-order chi connectivity index (χ0) is 19.7. The van der Waals surface area contributed by atoms with Crippen LogP contribution in [0.5, 0.6) is 11.5 Å². The molecule has 0 fully saturated rings. The Bertz CT molecular complexity index is 591. The van der Waals surface area contributed by atoms with E-state index in [1.54, 1.807) is 60.3 Å². The van der Waals surface area contributed by atoms with Gasteiger partial charge in [-0.15, -0.1) is 0 Å². The van der Waals surface area contributed by atoms with Crippen molar-refractivity contribution in [3.05, 3.63) is 48.8 Å². The molecule has 2 atom stereocenters. The molecule has 0 radical (unpaired) electrons. The minimum atomic E-state index is -0.588. The number of hydrogen-bond donors (Lipinski definition) is 0. The summed E-state index contributed by atoms with van der Waals surface area (Å²) in [5.41, 5.74) is 0. The third kappa shape index (κ3) is 7.88. The van der Waals surface area contributed by atoms with Crippen LogP contribution in [0.1, 0.15) is 13.8 Å². The van der Waals surface area contributed by atoms with Crippen molar-refractivity contribution in [2.24, 2.45) is 0 Å². The number of nitrogens with zero attached hydrogens (tertiary/aromatic N) is 2. The van der Waals surface area contributed by atoms with E-state index in [2.05, 4.69) is 0 Å². The van der Waals surface area contributed by atoms with Crippen LogP contribution in [-0.2, 0) is 9.59 Å². The lowest BCUT2D eigenvalue weighted by Crippen LogP contribution is -2.23. The highest BCUT2D eigenvalue weighted by Gasteiger charge is 2.14. The van der Waals surface area contributed by atoms with Crippen LogP contribution in [0, 0.1) is 0 Å². The number of hydrogen-bond acceptors (Lipinski definition) is 6. The molecule has 0 aliphatic heterocycles. The van der Waals surface area contributed by atoms with Crippen molar-refractivity contribution < 1.29 is 19.1 Å². The van der Waals surface area contributed by atoms with Crippen LogP contribution >= 0.6 is 0 Å². The maximum absolute atomic E-state index is 11.9. The van der Waals surface area contributed by atoms with Gasteiger partial charge in [0, 0.05) is 52.7 Å². The van der Waals surface area contributed by atoms with Crippen LogP contribution < -0.4 is 9.47 Å². The maximum atomic E-state index is 11.9. The van der Waals surface area contributed by atoms with Crippen LogP contribution in [0.15, 0.2) is 48.8 Å². The van der Waals surface area contributed by atoms with Gasteiger partial charge in [0.25, 0.3) is 0 Å². The molecule has 0 saturated carbocycles. The summed E-state index contributed by atoms with van der Waals surface area (Å²) in [6, 6.07) is 6.84. The summed E-state index contributed by atoms with van der Waals surface area (Å²) in [5, 5.41) is 0. The third-order valence-corrected chi connectivity index (χ3v) is 3.32. The van der Waals surface area contributed by atoms with Crippen LogP contribution in [0.3, 0.4) is 0 Å². The molecule has 0 saturated heterocycles. The van der Waals surface area contributed by atoms with Gasteiger partial charge < -0.3 is 19.3 Å². The summed E-state index contributed by atoms with van der Waals surface area (Å²) >= 11 is 0. The summed E-state index contributed by atoms with van der Waals surface area (Å²) in [4.78, 5) is 27.4. The van der Waals surface area contributed by atoms with Crippen molar-refractivity contribution in [2.45, 2.75) is 26.1 Å². The van der Waals surface area contributed by atoms with Gasteiger partial charge in [-0.1, -0.05) is 0 Å². The average Bonchev–Trinajstić information content (AvgIpc) is 2.58. The standard InChI is InChI=1S/C20H28N2O4/c1-15(19(23)11-13-21(3)4)25-17-7-9-18(10-8-17)26-16(2)20(24)12-14-22(5)6/h7-16H,1-6H3/b13-11+,14-12+/t15-,16+. The van der Waals surface area contributed by atoms with E-state index in [-0.39, 0.29) is 11.6 Å². The molecule has 0 heterocycles. The Labute approximate surface area is 155 Å². The average molecular weight is 360 g/mol. The summed E-state index contributed by atoms with van der Waals surface area (Å²) in [6.07, 6.45) is 5.15. The van der Waals surface area contributed by atoms with Gasteiger partial charge in [-0.3, -0.25) is 9.59 Å². The highest BCUT2D eigenvalue weighted by Crippen LogP contribution is 2.20. The molecule has 0 aliphatic rings. The highest BCUT2D eigenvalue weighted by molar-refractivity contribution is 5.93. The fourth-order valence-electron chi connectivity index (χ4n) is 1.84. The fraction of sp³-hybridized carbons (Fsp3) is 0.400. The topological polar surface area (TPSA) is 59.1 Å². The zero-order valence-corrected chi connectivity index (χ0v) is 16.3. The third-order valence-electron chi connectivity index (χ3n) is 3.32. The summed E-state index contributed by atoms with van der Waals surface area (Å²) in [6.45, 7) is 3.40. The van der Waals surface area contributed by atoms with Crippen molar-refractivity contribution in [1.29, 1.82) is 0 Å². The number of benzene rings is 1. The SMILES string of the molecule is C[C@H](Oc1ccc(O[C@H](C)C(=O)/C=C/N(C)C)cc1)C(=O)/C=C/N(C)C. The van der Waals surface area contributed by atoms with Gasteiger partial charge in [-0.25, -0.2) is 0 Å². The molecular formula is C20H28N2O4. The number of rotatable bonds is 10. The molecule has 1 aromatic rings. The molecule has 1 aromatic carbocycles. The second-order valence-electron chi connectivity index (χ2n) is 6.36. The zero-order valence-electron chi connectivity index (χ0n) is 16.3. The van der Waals surface area contributed by atoms with Gasteiger partial charge in [0.1, 0.15) is 11.5 Å². The second kappa shape index (κ2) is 10.3. The van der Waals surface area contributed by atoms with Crippen molar-refractivity contribution >= 4 is 11.6 Å². The molecule has 0 N–H and O–H groups in total.